The number of anilines is 2. The quantitative estimate of drug-likeness (QED) is 0.673. The highest BCUT2D eigenvalue weighted by Gasteiger charge is 2.22. The molecular formula is C22H29N3O3S. The van der Waals surface area contributed by atoms with Crippen LogP contribution in [0.3, 0.4) is 0 Å². The molecular weight excluding hydrogens is 386 g/mol. The topological polar surface area (TPSA) is 69.7 Å². The first-order valence-corrected chi connectivity index (χ1v) is 11.7. The maximum Gasteiger partial charge on any atom is 0.240 e. The van der Waals surface area contributed by atoms with Crippen LogP contribution in [0.2, 0.25) is 0 Å². The molecule has 0 saturated carbocycles. The van der Waals surface area contributed by atoms with Gasteiger partial charge in [0.2, 0.25) is 15.9 Å². The third-order valence-electron chi connectivity index (χ3n) is 5.22. The Morgan fingerprint density at radius 2 is 1.93 bits per heavy atom. The molecule has 0 radical (unpaired) electrons. The normalized spacial score (nSPS) is 13.3. The van der Waals surface area contributed by atoms with Crippen LogP contribution in [0.5, 0.6) is 0 Å². The van der Waals surface area contributed by atoms with Crippen LogP contribution >= 0.6 is 0 Å². The van der Waals surface area contributed by atoms with Crippen LogP contribution in [0.4, 0.5) is 11.4 Å². The smallest absolute Gasteiger partial charge is 0.240 e. The maximum absolute atomic E-state index is 12.4. The van der Waals surface area contributed by atoms with Gasteiger partial charge in [-0.15, -0.1) is 0 Å². The molecule has 1 heterocycles. The second-order valence-electron chi connectivity index (χ2n) is 7.63. The van der Waals surface area contributed by atoms with Crippen molar-refractivity contribution in [1.29, 1.82) is 0 Å². The maximum atomic E-state index is 12.4. The van der Waals surface area contributed by atoms with Crippen molar-refractivity contribution in [1.82, 2.24) is 5.32 Å². The van der Waals surface area contributed by atoms with Gasteiger partial charge < -0.3 is 10.2 Å². The SMILES string of the molecule is Cc1ccc(N(CC(=O)NCCCN2CCc3ccccc32)S(C)(=O)=O)c(C)c1. The fraction of sp³-hybridized carbons (Fsp3) is 0.409. The summed E-state index contributed by atoms with van der Waals surface area (Å²) in [7, 11) is -3.56. The van der Waals surface area contributed by atoms with Gasteiger partial charge in [0.1, 0.15) is 6.54 Å². The van der Waals surface area contributed by atoms with Crippen LogP contribution in [0.1, 0.15) is 23.1 Å². The molecule has 2 aromatic rings. The molecule has 7 heteroatoms. The Labute approximate surface area is 173 Å². The lowest BCUT2D eigenvalue weighted by molar-refractivity contribution is -0.119. The number of aryl methyl sites for hydroxylation is 2. The van der Waals surface area contributed by atoms with E-state index in [2.05, 4.69) is 28.4 Å². The standard InChI is InChI=1S/C22H29N3O3S/c1-17-9-10-20(18(2)15-17)25(29(3,27)28)16-22(26)23-12-6-13-24-14-11-19-7-4-5-8-21(19)24/h4-5,7-10,15H,6,11-14,16H2,1-3H3,(H,23,26). The number of fused-ring (bicyclic) bond motifs is 1. The van der Waals surface area contributed by atoms with Crippen LogP contribution in [-0.2, 0) is 21.2 Å². The van der Waals surface area contributed by atoms with Gasteiger partial charge in [-0.3, -0.25) is 9.10 Å². The van der Waals surface area contributed by atoms with Crippen LogP contribution in [0.25, 0.3) is 0 Å². The molecule has 0 spiro atoms. The Bertz CT molecular complexity index is 989. The molecule has 29 heavy (non-hydrogen) atoms. The number of benzene rings is 2. The Kier molecular flexibility index (Phi) is 6.47. The minimum absolute atomic E-state index is 0.213. The van der Waals surface area contributed by atoms with E-state index in [1.165, 1.54) is 15.6 Å². The highest BCUT2D eigenvalue weighted by molar-refractivity contribution is 7.92. The number of nitrogens with zero attached hydrogens (tertiary/aromatic N) is 2. The van der Waals surface area contributed by atoms with E-state index in [0.29, 0.717) is 12.2 Å². The Morgan fingerprint density at radius 3 is 2.66 bits per heavy atom. The number of amides is 1. The highest BCUT2D eigenvalue weighted by atomic mass is 32.2. The zero-order valence-electron chi connectivity index (χ0n) is 17.3. The number of hydrogen-bond donors (Lipinski definition) is 1. The summed E-state index contributed by atoms with van der Waals surface area (Å²) in [5.74, 6) is -0.294. The van der Waals surface area contributed by atoms with E-state index in [1.54, 1.807) is 6.07 Å². The van der Waals surface area contributed by atoms with Crippen LogP contribution < -0.4 is 14.5 Å². The first-order valence-electron chi connectivity index (χ1n) is 9.90. The Hall–Kier alpha value is -2.54. The predicted octanol–water partition coefficient (Wildman–Crippen LogP) is 2.64. The molecule has 1 N–H and O–H groups in total. The van der Waals surface area contributed by atoms with Gasteiger partial charge in [-0.2, -0.15) is 0 Å². The van der Waals surface area contributed by atoms with Gasteiger partial charge in [0.15, 0.2) is 0 Å². The number of carbonyl (C=O) groups is 1. The molecule has 0 saturated heterocycles. The summed E-state index contributed by atoms with van der Waals surface area (Å²) >= 11 is 0. The Balaban J connectivity index is 1.53. The number of sulfonamides is 1. The first kappa shape index (κ1) is 21.2. The molecule has 2 aromatic carbocycles. The fourth-order valence-electron chi connectivity index (χ4n) is 3.79. The van der Waals surface area contributed by atoms with Crippen molar-refractivity contribution in [2.75, 3.05) is 41.6 Å². The van der Waals surface area contributed by atoms with Gasteiger partial charge in [-0.05, 0) is 49.9 Å². The zero-order valence-corrected chi connectivity index (χ0v) is 18.1. The van der Waals surface area contributed by atoms with Crippen molar-refractivity contribution >= 4 is 27.3 Å². The Morgan fingerprint density at radius 1 is 1.17 bits per heavy atom. The van der Waals surface area contributed by atoms with E-state index in [1.807, 2.05) is 32.0 Å². The summed E-state index contributed by atoms with van der Waals surface area (Å²) in [4.78, 5) is 14.7. The average Bonchev–Trinajstić information content (AvgIpc) is 3.06. The average molecular weight is 416 g/mol. The summed E-state index contributed by atoms with van der Waals surface area (Å²) in [6.45, 7) is 5.97. The van der Waals surface area contributed by atoms with Crippen molar-refractivity contribution in [2.24, 2.45) is 0 Å². The first-order chi connectivity index (χ1) is 13.8. The van der Waals surface area contributed by atoms with Gasteiger partial charge in [0.05, 0.1) is 11.9 Å². The van der Waals surface area contributed by atoms with Crippen molar-refractivity contribution in [2.45, 2.75) is 26.7 Å². The van der Waals surface area contributed by atoms with E-state index in [9.17, 15) is 13.2 Å². The monoisotopic (exact) mass is 415 g/mol. The summed E-state index contributed by atoms with van der Waals surface area (Å²) < 4.78 is 25.7. The number of carbonyl (C=O) groups excluding carboxylic acids is 1. The lowest BCUT2D eigenvalue weighted by Gasteiger charge is -2.24. The van der Waals surface area contributed by atoms with Gasteiger partial charge in [-0.25, -0.2) is 8.42 Å². The van der Waals surface area contributed by atoms with E-state index in [4.69, 9.17) is 0 Å². The number of hydrogen-bond acceptors (Lipinski definition) is 4. The van der Waals surface area contributed by atoms with Gasteiger partial charge >= 0.3 is 0 Å². The van der Waals surface area contributed by atoms with E-state index < -0.39 is 10.0 Å². The van der Waals surface area contributed by atoms with E-state index >= 15 is 0 Å². The third kappa shape index (κ3) is 5.29. The zero-order chi connectivity index (χ0) is 21.0. The van der Waals surface area contributed by atoms with Gasteiger partial charge in [0, 0.05) is 25.3 Å². The van der Waals surface area contributed by atoms with Crippen LogP contribution in [-0.4, -0.2) is 46.8 Å². The van der Waals surface area contributed by atoms with E-state index in [0.717, 1.165) is 43.3 Å². The minimum atomic E-state index is -3.56. The summed E-state index contributed by atoms with van der Waals surface area (Å²) in [6, 6.07) is 13.9. The lowest BCUT2D eigenvalue weighted by Crippen LogP contribution is -2.41. The molecule has 0 aliphatic carbocycles. The molecule has 1 aliphatic rings. The second kappa shape index (κ2) is 8.86. The third-order valence-corrected chi connectivity index (χ3v) is 6.35. The molecule has 0 bridgehead atoms. The molecule has 0 aromatic heterocycles. The number of rotatable bonds is 8. The summed E-state index contributed by atoms with van der Waals surface area (Å²) in [5, 5.41) is 2.86. The minimum Gasteiger partial charge on any atom is -0.371 e. The lowest BCUT2D eigenvalue weighted by atomic mass is 10.1. The summed E-state index contributed by atoms with van der Waals surface area (Å²) in [6.07, 6.45) is 2.99. The molecule has 0 unspecified atom stereocenters. The van der Waals surface area contributed by atoms with Crippen LogP contribution in [0.15, 0.2) is 42.5 Å². The fourth-order valence-corrected chi connectivity index (χ4v) is 4.70. The van der Waals surface area contributed by atoms with E-state index in [-0.39, 0.29) is 12.5 Å². The molecule has 6 nitrogen and oxygen atoms in total. The van der Waals surface area contributed by atoms with Crippen molar-refractivity contribution < 1.29 is 13.2 Å². The largest absolute Gasteiger partial charge is 0.371 e. The van der Waals surface area contributed by atoms with Crippen molar-refractivity contribution in [3.63, 3.8) is 0 Å². The summed E-state index contributed by atoms with van der Waals surface area (Å²) in [5.41, 5.74) is 5.07. The van der Waals surface area contributed by atoms with Crippen LogP contribution in [0, 0.1) is 13.8 Å². The van der Waals surface area contributed by atoms with Crippen molar-refractivity contribution in [3.8, 4) is 0 Å². The molecule has 1 amide bonds. The van der Waals surface area contributed by atoms with Gasteiger partial charge in [-0.1, -0.05) is 35.9 Å². The van der Waals surface area contributed by atoms with Gasteiger partial charge in [0.25, 0.3) is 0 Å². The molecule has 3 rings (SSSR count). The predicted molar refractivity (Wildman–Crippen MR) is 118 cm³/mol. The van der Waals surface area contributed by atoms with Crippen molar-refractivity contribution in [3.05, 3.63) is 59.2 Å². The number of para-hydroxylation sites is 1. The molecule has 156 valence electrons. The number of nitrogens with one attached hydrogen (secondary N) is 1. The molecule has 0 atom stereocenters. The second-order valence-corrected chi connectivity index (χ2v) is 9.54. The molecule has 1 aliphatic heterocycles. The molecule has 0 fully saturated rings. The highest BCUT2D eigenvalue weighted by Crippen LogP contribution is 2.27.